The Hall–Kier alpha value is -2.47. The van der Waals surface area contributed by atoms with Crippen LogP contribution in [0.2, 0.25) is 0 Å². The first-order valence-corrected chi connectivity index (χ1v) is 7.38. The number of hydrogen-bond acceptors (Lipinski definition) is 5. The van der Waals surface area contributed by atoms with Crippen molar-refractivity contribution in [3.8, 4) is 0 Å². The maximum absolute atomic E-state index is 9.51. The van der Waals surface area contributed by atoms with Gasteiger partial charge in [0, 0.05) is 18.6 Å². The SMILES string of the molecule is C/C=C(O)\C(N)=C\N(N)Cc1cn2cc(C3CC3)ccc2n1. The second-order valence-electron chi connectivity index (χ2n) is 5.67. The van der Waals surface area contributed by atoms with Crippen molar-refractivity contribution in [2.75, 3.05) is 0 Å². The molecule has 1 fully saturated rings. The second-order valence-corrected chi connectivity index (χ2v) is 5.67. The largest absolute Gasteiger partial charge is 0.506 e. The lowest BCUT2D eigenvalue weighted by molar-refractivity contribution is 0.369. The third-order valence-corrected chi connectivity index (χ3v) is 3.79. The van der Waals surface area contributed by atoms with Gasteiger partial charge in [0.25, 0.3) is 0 Å². The molecule has 0 bridgehead atoms. The van der Waals surface area contributed by atoms with Crippen LogP contribution in [0.15, 0.2) is 48.3 Å². The third kappa shape index (κ3) is 3.07. The number of aromatic nitrogens is 2. The second kappa shape index (κ2) is 5.73. The van der Waals surface area contributed by atoms with Gasteiger partial charge in [-0.2, -0.15) is 0 Å². The summed E-state index contributed by atoms with van der Waals surface area (Å²) < 4.78 is 2.04. The number of hydrazine groups is 1. The van der Waals surface area contributed by atoms with Gasteiger partial charge in [0.1, 0.15) is 11.4 Å². The van der Waals surface area contributed by atoms with Crippen LogP contribution < -0.4 is 11.6 Å². The van der Waals surface area contributed by atoms with Gasteiger partial charge in [-0.3, -0.25) is 0 Å². The standard InChI is InChI=1S/C16H21N5O/c1-2-15(22)14(17)10-21(18)9-13-8-20-7-12(11-3-4-11)5-6-16(20)19-13/h2,5-8,10-11,22H,3-4,9,17-18H2,1H3/b14-10-,15-2+. The highest BCUT2D eigenvalue weighted by molar-refractivity contribution is 5.42. The average molecular weight is 299 g/mol. The van der Waals surface area contributed by atoms with E-state index in [4.69, 9.17) is 11.6 Å². The minimum Gasteiger partial charge on any atom is -0.506 e. The van der Waals surface area contributed by atoms with Gasteiger partial charge in [-0.1, -0.05) is 6.07 Å². The molecule has 0 spiro atoms. The van der Waals surface area contributed by atoms with E-state index in [0.29, 0.717) is 12.5 Å². The number of fused-ring (bicyclic) bond motifs is 1. The molecule has 5 N–H and O–H groups in total. The van der Waals surface area contributed by atoms with Gasteiger partial charge in [-0.15, -0.1) is 0 Å². The summed E-state index contributed by atoms with van der Waals surface area (Å²) >= 11 is 0. The number of aliphatic hydroxyl groups is 1. The average Bonchev–Trinajstić information content (AvgIpc) is 3.26. The molecular weight excluding hydrogens is 278 g/mol. The Balaban J connectivity index is 1.76. The lowest BCUT2D eigenvalue weighted by Gasteiger charge is -2.13. The van der Waals surface area contributed by atoms with Crippen LogP contribution in [0.5, 0.6) is 0 Å². The Kier molecular flexibility index (Phi) is 3.77. The Bertz CT molecular complexity index is 742. The summed E-state index contributed by atoms with van der Waals surface area (Å²) in [5.41, 5.74) is 9.05. The highest BCUT2D eigenvalue weighted by Crippen LogP contribution is 2.39. The zero-order valence-electron chi connectivity index (χ0n) is 12.6. The Labute approximate surface area is 129 Å². The quantitative estimate of drug-likeness (QED) is 0.340. The summed E-state index contributed by atoms with van der Waals surface area (Å²) in [6, 6.07) is 4.18. The number of pyridine rings is 1. The number of allylic oxidation sites excluding steroid dienone is 1. The van der Waals surface area contributed by atoms with Crippen LogP contribution in [0, 0.1) is 0 Å². The number of rotatable bonds is 5. The maximum atomic E-state index is 9.51. The van der Waals surface area contributed by atoms with E-state index < -0.39 is 0 Å². The molecule has 2 heterocycles. The molecule has 0 unspecified atom stereocenters. The van der Waals surface area contributed by atoms with Crippen LogP contribution in [-0.2, 0) is 6.54 Å². The van der Waals surface area contributed by atoms with Gasteiger partial charge in [0.05, 0.1) is 17.9 Å². The molecule has 0 radical (unpaired) electrons. The topological polar surface area (TPSA) is 92.8 Å². The van der Waals surface area contributed by atoms with E-state index in [2.05, 4.69) is 17.2 Å². The molecule has 6 nitrogen and oxygen atoms in total. The molecule has 0 aliphatic heterocycles. The van der Waals surface area contributed by atoms with Crippen molar-refractivity contribution in [2.45, 2.75) is 32.2 Å². The van der Waals surface area contributed by atoms with Crippen molar-refractivity contribution >= 4 is 5.65 Å². The van der Waals surface area contributed by atoms with Crippen LogP contribution in [0.3, 0.4) is 0 Å². The summed E-state index contributed by atoms with van der Waals surface area (Å²) in [5, 5.41) is 10.9. The highest BCUT2D eigenvalue weighted by atomic mass is 16.3. The maximum Gasteiger partial charge on any atom is 0.137 e. The number of nitrogens with two attached hydrogens (primary N) is 2. The first-order chi connectivity index (χ1) is 10.6. The summed E-state index contributed by atoms with van der Waals surface area (Å²) in [7, 11) is 0. The van der Waals surface area contributed by atoms with Gasteiger partial charge in [-0.25, -0.2) is 10.8 Å². The minimum absolute atomic E-state index is 0.0135. The molecule has 0 amide bonds. The monoisotopic (exact) mass is 299 g/mol. The molecule has 2 aromatic heterocycles. The minimum atomic E-state index is 0.0135. The van der Waals surface area contributed by atoms with Gasteiger partial charge >= 0.3 is 0 Å². The molecule has 1 aliphatic carbocycles. The van der Waals surface area contributed by atoms with Gasteiger partial charge in [0.2, 0.25) is 0 Å². The molecular formula is C16H21N5O. The Morgan fingerprint density at radius 3 is 2.91 bits per heavy atom. The van der Waals surface area contributed by atoms with E-state index in [1.54, 1.807) is 6.92 Å². The van der Waals surface area contributed by atoms with Crippen LogP contribution in [0.4, 0.5) is 0 Å². The van der Waals surface area contributed by atoms with Gasteiger partial charge < -0.3 is 20.2 Å². The fraction of sp³-hybridized carbons (Fsp3) is 0.312. The summed E-state index contributed by atoms with van der Waals surface area (Å²) in [4.78, 5) is 4.54. The predicted octanol–water partition coefficient (Wildman–Crippen LogP) is 2.15. The van der Waals surface area contributed by atoms with Crippen LogP contribution >= 0.6 is 0 Å². The van der Waals surface area contributed by atoms with Gasteiger partial charge in [0.15, 0.2) is 0 Å². The molecule has 22 heavy (non-hydrogen) atoms. The molecule has 2 aromatic rings. The molecule has 6 heteroatoms. The zero-order valence-corrected chi connectivity index (χ0v) is 12.6. The van der Waals surface area contributed by atoms with Crippen LogP contribution in [-0.4, -0.2) is 19.5 Å². The molecule has 0 atom stereocenters. The fourth-order valence-corrected chi connectivity index (χ4v) is 2.44. The van der Waals surface area contributed by atoms with Gasteiger partial charge in [-0.05, 0) is 43.4 Å². The highest BCUT2D eigenvalue weighted by Gasteiger charge is 2.23. The molecule has 1 saturated carbocycles. The van der Waals surface area contributed by atoms with E-state index in [-0.39, 0.29) is 11.5 Å². The van der Waals surface area contributed by atoms with E-state index in [1.165, 1.54) is 35.7 Å². The van der Waals surface area contributed by atoms with E-state index in [1.807, 2.05) is 16.7 Å². The summed E-state index contributed by atoms with van der Waals surface area (Å²) in [6.45, 7) is 2.12. The number of hydrogen-bond donors (Lipinski definition) is 3. The third-order valence-electron chi connectivity index (χ3n) is 3.79. The molecule has 0 saturated heterocycles. The fourth-order valence-electron chi connectivity index (χ4n) is 2.44. The Morgan fingerprint density at radius 2 is 2.23 bits per heavy atom. The molecule has 116 valence electrons. The smallest absolute Gasteiger partial charge is 0.137 e. The van der Waals surface area contributed by atoms with Crippen molar-refractivity contribution in [1.29, 1.82) is 0 Å². The van der Waals surface area contributed by atoms with Crippen molar-refractivity contribution in [3.05, 3.63) is 59.5 Å². The van der Waals surface area contributed by atoms with E-state index in [9.17, 15) is 5.11 Å². The predicted molar refractivity (Wildman–Crippen MR) is 85.6 cm³/mol. The van der Waals surface area contributed by atoms with Crippen molar-refractivity contribution in [2.24, 2.45) is 11.6 Å². The van der Waals surface area contributed by atoms with Crippen LogP contribution in [0.1, 0.15) is 36.9 Å². The lowest BCUT2D eigenvalue weighted by Crippen LogP contribution is -2.26. The first-order valence-electron chi connectivity index (χ1n) is 7.38. The zero-order chi connectivity index (χ0) is 15.7. The number of nitrogens with zero attached hydrogens (tertiary/aromatic N) is 3. The lowest BCUT2D eigenvalue weighted by atomic mass is 10.2. The summed E-state index contributed by atoms with van der Waals surface area (Å²) in [6.07, 6.45) is 9.68. The van der Waals surface area contributed by atoms with E-state index in [0.717, 1.165) is 11.3 Å². The van der Waals surface area contributed by atoms with Crippen molar-refractivity contribution in [1.82, 2.24) is 14.4 Å². The first kappa shape index (κ1) is 14.5. The van der Waals surface area contributed by atoms with Crippen molar-refractivity contribution < 1.29 is 5.11 Å². The van der Waals surface area contributed by atoms with E-state index >= 15 is 0 Å². The normalized spacial score (nSPS) is 16.3. The molecule has 3 rings (SSSR count). The number of aliphatic hydroxyl groups excluding tert-OH is 1. The van der Waals surface area contributed by atoms with Crippen molar-refractivity contribution in [3.63, 3.8) is 0 Å². The molecule has 0 aromatic carbocycles. The summed E-state index contributed by atoms with van der Waals surface area (Å²) in [5.74, 6) is 6.63. The number of imidazole rings is 1. The Morgan fingerprint density at radius 1 is 1.45 bits per heavy atom. The molecule has 1 aliphatic rings. The van der Waals surface area contributed by atoms with Crippen LogP contribution in [0.25, 0.3) is 5.65 Å².